The Labute approximate surface area is 130 Å². The van der Waals surface area contributed by atoms with Gasteiger partial charge < -0.3 is 5.32 Å². The highest BCUT2D eigenvalue weighted by Crippen LogP contribution is 2.26. The third-order valence-corrected chi connectivity index (χ3v) is 5.22. The van der Waals surface area contributed by atoms with Crippen molar-refractivity contribution in [3.05, 3.63) is 46.4 Å². The number of benzene rings is 1. The second kappa shape index (κ2) is 7.25. The van der Waals surface area contributed by atoms with Crippen molar-refractivity contribution >= 4 is 23.1 Å². The molecule has 0 bridgehead atoms. The van der Waals surface area contributed by atoms with Crippen LogP contribution in [-0.4, -0.2) is 17.3 Å². The maximum atomic E-state index is 4.51. The van der Waals surface area contributed by atoms with Gasteiger partial charge in [0.1, 0.15) is 0 Å². The van der Waals surface area contributed by atoms with Gasteiger partial charge in [0.15, 0.2) is 0 Å². The molecule has 0 atom stereocenters. The zero-order chi connectivity index (χ0) is 14.4. The second-order valence-corrected chi connectivity index (χ2v) is 8.00. The topological polar surface area (TPSA) is 24.9 Å². The summed E-state index contributed by atoms with van der Waals surface area (Å²) >= 11 is 3.70. The lowest BCUT2D eigenvalue weighted by molar-refractivity contribution is 0.585. The first-order chi connectivity index (χ1) is 9.55. The molecule has 108 valence electrons. The summed E-state index contributed by atoms with van der Waals surface area (Å²) in [7, 11) is 0. The molecule has 1 aromatic heterocycles. The lowest BCUT2D eigenvalue weighted by Crippen LogP contribution is -2.15. The van der Waals surface area contributed by atoms with E-state index in [-0.39, 0.29) is 5.41 Å². The molecule has 0 fully saturated rings. The van der Waals surface area contributed by atoms with Crippen molar-refractivity contribution in [3.63, 3.8) is 0 Å². The quantitative estimate of drug-likeness (QED) is 0.635. The normalized spacial score (nSPS) is 11.8. The fourth-order valence-corrected chi connectivity index (χ4v) is 3.48. The SMILES string of the molecule is CC(C)(C)c1ncc(CNCCSc2ccccc2)s1. The smallest absolute Gasteiger partial charge is 0.0981 e. The van der Waals surface area contributed by atoms with Crippen LogP contribution in [0.5, 0.6) is 0 Å². The zero-order valence-electron chi connectivity index (χ0n) is 12.3. The van der Waals surface area contributed by atoms with Crippen LogP contribution in [0.4, 0.5) is 0 Å². The van der Waals surface area contributed by atoms with Gasteiger partial charge in [-0.25, -0.2) is 4.98 Å². The molecule has 0 amide bonds. The molecule has 0 aliphatic rings. The summed E-state index contributed by atoms with van der Waals surface area (Å²) in [4.78, 5) is 7.16. The first-order valence-electron chi connectivity index (χ1n) is 6.89. The van der Waals surface area contributed by atoms with E-state index in [1.807, 2.05) is 29.3 Å². The molecule has 0 aliphatic heterocycles. The predicted molar refractivity (Wildman–Crippen MR) is 89.7 cm³/mol. The average molecular weight is 306 g/mol. The minimum atomic E-state index is 0.159. The molecule has 0 spiro atoms. The van der Waals surface area contributed by atoms with Crippen LogP contribution in [0.1, 0.15) is 30.7 Å². The number of thiazole rings is 1. The number of thioether (sulfide) groups is 1. The Hall–Kier alpha value is -0.840. The van der Waals surface area contributed by atoms with E-state index in [0.29, 0.717) is 0 Å². The largest absolute Gasteiger partial charge is 0.311 e. The molecule has 0 saturated carbocycles. The molecule has 0 aliphatic carbocycles. The van der Waals surface area contributed by atoms with Crippen molar-refractivity contribution in [2.45, 2.75) is 37.6 Å². The number of rotatable bonds is 6. The Balaban J connectivity index is 1.67. The summed E-state index contributed by atoms with van der Waals surface area (Å²) in [6, 6.07) is 10.5. The molecule has 20 heavy (non-hydrogen) atoms. The first-order valence-corrected chi connectivity index (χ1v) is 8.69. The summed E-state index contributed by atoms with van der Waals surface area (Å²) in [5.74, 6) is 1.09. The monoisotopic (exact) mass is 306 g/mol. The summed E-state index contributed by atoms with van der Waals surface area (Å²) in [6.45, 7) is 8.56. The number of nitrogens with one attached hydrogen (secondary N) is 1. The van der Waals surface area contributed by atoms with Crippen molar-refractivity contribution < 1.29 is 0 Å². The van der Waals surface area contributed by atoms with Crippen LogP contribution < -0.4 is 5.32 Å². The maximum Gasteiger partial charge on any atom is 0.0981 e. The Bertz CT molecular complexity index is 515. The minimum absolute atomic E-state index is 0.159. The molecule has 0 saturated heterocycles. The highest BCUT2D eigenvalue weighted by Gasteiger charge is 2.17. The summed E-state index contributed by atoms with van der Waals surface area (Å²) in [5, 5.41) is 4.70. The molecule has 2 rings (SSSR count). The average Bonchev–Trinajstić information content (AvgIpc) is 2.88. The van der Waals surface area contributed by atoms with Crippen LogP contribution in [0.3, 0.4) is 0 Å². The molecule has 1 heterocycles. The van der Waals surface area contributed by atoms with E-state index >= 15 is 0 Å². The highest BCUT2D eigenvalue weighted by atomic mass is 32.2. The van der Waals surface area contributed by atoms with Crippen LogP contribution >= 0.6 is 23.1 Å². The van der Waals surface area contributed by atoms with E-state index in [1.165, 1.54) is 14.8 Å². The van der Waals surface area contributed by atoms with Crippen LogP contribution in [0.2, 0.25) is 0 Å². The van der Waals surface area contributed by atoms with Gasteiger partial charge in [0.25, 0.3) is 0 Å². The molecular formula is C16H22N2S2. The van der Waals surface area contributed by atoms with E-state index in [9.17, 15) is 0 Å². The van der Waals surface area contributed by atoms with Gasteiger partial charge >= 0.3 is 0 Å². The standard InChI is InChI=1S/C16H22N2S2/c1-16(2,3)15-18-12-14(20-15)11-17-9-10-19-13-7-5-4-6-8-13/h4-8,12,17H,9-11H2,1-3H3. The van der Waals surface area contributed by atoms with E-state index in [1.54, 1.807) is 0 Å². The third-order valence-electron chi connectivity index (χ3n) is 2.79. The highest BCUT2D eigenvalue weighted by molar-refractivity contribution is 7.99. The zero-order valence-corrected chi connectivity index (χ0v) is 14.0. The molecule has 2 nitrogen and oxygen atoms in total. The summed E-state index contributed by atoms with van der Waals surface area (Å²) < 4.78 is 0. The van der Waals surface area contributed by atoms with E-state index in [2.05, 4.69) is 61.4 Å². The van der Waals surface area contributed by atoms with Crippen molar-refractivity contribution in [2.24, 2.45) is 0 Å². The van der Waals surface area contributed by atoms with Crippen LogP contribution in [0.15, 0.2) is 41.4 Å². The van der Waals surface area contributed by atoms with E-state index < -0.39 is 0 Å². The van der Waals surface area contributed by atoms with E-state index in [4.69, 9.17) is 0 Å². The summed E-state index contributed by atoms with van der Waals surface area (Å²) in [6.07, 6.45) is 2.00. The Kier molecular flexibility index (Phi) is 5.64. The number of nitrogens with zero attached hydrogens (tertiary/aromatic N) is 1. The summed E-state index contributed by atoms with van der Waals surface area (Å²) in [5.41, 5.74) is 0.159. The molecule has 0 radical (unpaired) electrons. The Morgan fingerprint density at radius 1 is 1.20 bits per heavy atom. The molecule has 1 N–H and O–H groups in total. The van der Waals surface area contributed by atoms with Gasteiger partial charge in [0.2, 0.25) is 0 Å². The Morgan fingerprint density at radius 3 is 2.60 bits per heavy atom. The van der Waals surface area contributed by atoms with Crippen LogP contribution in [-0.2, 0) is 12.0 Å². The number of hydrogen-bond donors (Lipinski definition) is 1. The first kappa shape index (κ1) is 15.5. The van der Waals surface area contributed by atoms with E-state index in [0.717, 1.165) is 18.8 Å². The molecule has 1 aromatic carbocycles. The lowest BCUT2D eigenvalue weighted by Gasteiger charge is -2.13. The van der Waals surface area contributed by atoms with Crippen molar-refractivity contribution in [3.8, 4) is 0 Å². The van der Waals surface area contributed by atoms with Gasteiger partial charge in [-0.1, -0.05) is 39.0 Å². The second-order valence-electron chi connectivity index (χ2n) is 5.72. The van der Waals surface area contributed by atoms with Crippen LogP contribution in [0, 0.1) is 0 Å². The van der Waals surface area contributed by atoms with Gasteiger partial charge in [-0.2, -0.15) is 0 Å². The molecular weight excluding hydrogens is 284 g/mol. The predicted octanol–water partition coefficient (Wildman–Crippen LogP) is 4.32. The maximum absolute atomic E-state index is 4.51. The number of hydrogen-bond acceptors (Lipinski definition) is 4. The fraction of sp³-hybridized carbons (Fsp3) is 0.438. The van der Waals surface area contributed by atoms with Crippen molar-refractivity contribution in [1.82, 2.24) is 10.3 Å². The number of aromatic nitrogens is 1. The van der Waals surface area contributed by atoms with Gasteiger partial charge in [0, 0.05) is 40.2 Å². The van der Waals surface area contributed by atoms with Gasteiger partial charge in [-0.15, -0.1) is 23.1 Å². The third kappa shape index (κ3) is 4.93. The van der Waals surface area contributed by atoms with Crippen molar-refractivity contribution in [1.29, 1.82) is 0 Å². The van der Waals surface area contributed by atoms with Crippen LogP contribution in [0.25, 0.3) is 0 Å². The molecule has 0 unspecified atom stereocenters. The Morgan fingerprint density at radius 2 is 1.95 bits per heavy atom. The van der Waals surface area contributed by atoms with Gasteiger partial charge in [0.05, 0.1) is 5.01 Å². The van der Waals surface area contributed by atoms with Crippen molar-refractivity contribution in [2.75, 3.05) is 12.3 Å². The minimum Gasteiger partial charge on any atom is -0.311 e. The molecule has 2 aromatic rings. The van der Waals surface area contributed by atoms with Gasteiger partial charge in [-0.05, 0) is 12.1 Å². The molecule has 4 heteroatoms. The van der Waals surface area contributed by atoms with Gasteiger partial charge in [-0.3, -0.25) is 0 Å². The lowest BCUT2D eigenvalue weighted by atomic mass is 9.98. The fourth-order valence-electron chi connectivity index (χ4n) is 1.71.